The topological polar surface area (TPSA) is 59.1 Å². The van der Waals surface area contributed by atoms with E-state index in [9.17, 15) is 9.59 Å². The van der Waals surface area contributed by atoms with Gasteiger partial charge in [-0.3, -0.25) is 4.79 Å². The van der Waals surface area contributed by atoms with Crippen molar-refractivity contribution in [3.8, 4) is 5.75 Å². The number of hydrogen-bond acceptors (Lipinski definition) is 4. The number of carbonyl (C=O) groups excluding carboxylic acids is 2. The monoisotopic (exact) mass is 360 g/mol. The smallest absolute Gasteiger partial charge is 0.409 e. The van der Waals surface area contributed by atoms with Crippen molar-refractivity contribution in [2.75, 3.05) is 45.8 Å². The lowest BCUT2D eigenvalue weighted by molar-refractivity contribution is 0.0569. The summed E-state index contributed by atoms with van der Waals surface area (Å²) in [7, 11) is 1.50. The van der Waals surface area contributed by atoms with Crippen LogP contribution in [0.2, 0.25) is 5.02 Å². The van der Waals surface area contributed by atoms with E-state index in [1.165, 1.54) is 7.11 Å². The average molecular weight is 361 g/mol. The van der Waals surface area contributed by atoms with Crippen LogP contribution in [0.1, 0.15) is 10.4 Å². The molecule has 0 spiro atoms. The third kappa shape index (κ3) is 4.42. The summed E-state index contributed by atoms with van der Waals surface area (Å²) in [5.41, 5.74) is 0.415. The highest BCUT2D eigenvalue weighted by Crippen LogP contribution is 2.24. The fourth-order valence-electron chi connectivity index (χ4n) is 2.33. The number of hydrogen-bond donors (Lipinski definition) is 0. The summed E-state index contributed by atoms with van der Waals surface area (Å²) in [6.45, 7) is 1.85. The Morgan fingerprint density at radius 3 is 2.43 bits per heavy atom. The van der Waals surface area contributed by atoms with Crippen LogP contribution in [-0.4, -0.2) is 67.6 Å². The summed E-state index contributed by atoms with van der Waals surface area (Å²) in [5, 5.41) is 0.470. The molecule has 0 saturated carbocycles. The van der Waals surface area contributed by atoms with Gasteiger partial charge in [-0.2, -0.15) is 0 Å². The molecule has 1 aliphatic heterocycles. The van der Waals surface area contributed by atoms with Gasteiger partial charge in [0, 0.05) is 31.2 Å². The molecular formula is C15H18Cl2N2O4. The third-order valence-corrected chi connectivity index (χ3v) is 3.91. The summed E-state index contributed by atoms with van der Waals surface area (Å²) in [6, 6.07) is 4.92. The van der Waals surface area contributed by atoms with Crippen molar-refractivity contribution in [3.63, 3.8) is 0 Å². The zero-order valence-electron chi connectivity index (χ0n) is 12.8. The SMILES string of the molecule is COc1ccc(Cl)cc1C(=O)N1CCN(C(=O)OCCCl)CC1. The molecule has 0 atom stereocenters. The van der Waals surface area contributed by atoms with Crippen molar-refractivity contribution in [1.82, 2.24) is 9.80 Å². The van der Waals surface area contributed by atoms with E-state index >= 15 is 0 Å². The first-order chi connectivity index (χ1) is 11.1. The van der Waals surface area contributed by atoms with Gasteiger partial charge >= 0.3 is 6.09 Å². The van der Waals surface area contributed by atoms with Gasteiger partial charge in [-0.05, 0) is 18.2 Å². The number of alkyl halides is 1. The first kappa shape index (κ1) is 17.7. The molecular weight excluding hydrogens is 343 g/mol. The molecule has 1 aliphatic rings. The van der Waals surface area contributed by atoms with Gasteiger partial charge in [0.15, 0.2) is 0 Å². The molecule has 2 rings (SSSR count). The molecule has 23 heavy (non-hydrogen) atoms. The molecule has 0 radical (unpaired) electrons. The summed E-state index contributed by atoms with van der Waals surface area (Å²) in [4.78, 5) is 27.6. The Labute approximate surface area is 144 Å². The lowest BCUT2D eigenvalue weighted by atomic mass is 10.1. The van der Waals surface area contributed by atoms with Crippen molar-refractivity contribution >= 4 is 35.2 Å². The standard InChI is InChI=1S/C15H18Cl2N2O4/c1-22-13-3-2-11(17)10-12(13)14(20)18-5-7-19(8-6-18)15(21)23-9-4-16/h2-3,10H,4-9H2,1H3. The van der Waals surface area contributed by atoms with E-state index in [4.69, 9.17) is 32.7 Å². The molecule has 8 heteroatoms. The molecule has 126 valence electrons. The van der Waals surface area contributed by atoms with E-state index in [2.05, 4.69) is 0 Å². The van der Waals surface area contributed by atoms with Gasteiger partial charge in [0.25, 0.3) is 5.91 Å². The molecule has 1 heterocycles. The molecule has 6 nitrogen and oxygen atoms in total. The van der Waals surface area contributed by atoms with E-state index in [0.717, 1.165) is 0 Å². The Morgan fingerprint density at radius 1 is 1.17 bits per heavy atom. The van der Waals surface area contributed by atoms with Crippen molar-refractivity contribution in [1.29, 1.82) is 0 Å². The second-order valence-corrected chi connectivity index (χ2v) is 5.74. The van der Waals surface area contributed by atoms with Crippen LogP contribution >= 0.6 is 23.2 Å². The number of nitrogens with zero attached hydrogens (tertiary/aromatic N) is 2. The number of ether oxygens (including phenoxy) is 2. The van der Waals surface area contributed by atoms with Crippen LogP contribution in [0.25, 0.3) is 0 Å². The lowest BCUT2D eigenvalue weighted by Gasteiger charge is -2.34. The van der Waals surface area contributed by atoms with Crippen LogP contribution in [0.4, 0.5) is 4.79 Å². The van der Waals surface area contributed by atoms with Crippen LogP contribution < -0.4 is 4.74 Å². The molecule has 0 unspecified atom stereocenters. The predicted molar refractivity (Wildman–Crippen MR) is 87.5 cm³/mol. The maximum absolute atomic E-state index is 12.6. The Bertz CT molecular complexity index is 575. The maximum atomic E-state index is 12.6. The third-order valence-electron chi connectivity index (χ3n) is 3.52. The molecule has 0 aliphatic carbocycles. The van der Waals surface area contributed by atoms with Crippen molar-refractivity contribution in [2.45, 2.75) is 0 Å². The second-order valence-electron chi connectivity index (χ2n) is 4.93. The maximum Gasteiger partial charge on any atom is 0.409 e. The highest BCUT2D eigenvalue weighted by molar-refractivity contribution is 6.31. The van der Waals surface area contributed by atoms with E-state index in [-0.39, 0.29) is 18.4 Å². The number of piperazine rings is 1. The molecule has 1 fully saturated rings. The largest absolute Gasteiger partial charge is 0.496 e. The van der Waals surface area contributed by atoms with Gasteiger partial charge in [-0.15, -0.1) is 11.6 Å². The number of carbonyl (C=O) groups is 2. The van der Waals surface area contributed by atoms with Gasteiger partial charge in [-0.25, -0.2) is 4.79 Å². The van der Waals surface area contributed by atoms with E-state index in [0.29, 0.717) is 42.5 Å². The number of halogens is 2. The number of benzene rings is 1. The highest BCUT2D eigenvalue weighted by Gasteiger charge is 2.27. The van der Waals surface area contributed by atoms with Crippen LogP contribution in [0.3, 0.4) is 0 Å². The molecule has 1 aromatic carbocycles. The normalized spacial score (nSPS) is 14.6. The van der Waals surface area contributed by atoms with Gasteiger partial charge in [0.1, 0.15) is 12.4 Å². The Hall–Kier alpha value is -1.66. The zero-order chi connectivity index (χ0) is 16.8. The van der Waals surface area contributed by atoms with E-state index < -0.39 is 6.09 Å². The molecule has 1 saturated heterocycles. The number of amides is 2. The minimum absolute atomic E-state index is 0.168. The van der Waals surface area contributed by atoms with Crippen LogP contribution in [0.15, 0.2) is 18.2 Å². The summed E-state index contributed by atoms with van der Waals surface area (Å²) in [6.07, 6.45) is -0.405. The Balaban J connectivity index is 1.99. The second kappa shape index (κ2) is 8.26. The summed E-state index contributed by atoms with van der Waals surface area (Å²) in [5.74, 6) is 0.570. The van der Waals surface area contributed by atoms with Crippen LogP contribution in [-0.2, 0) is 4.74 Å². The number of rotatable bonds is 4. The fraction of sp³-hybridized carbons (Fsp3) is 0.467. The molecule has 0 bridgehead atoms. The number of methoxy groups -OCH3 is 1. The van der Waals surface area contributed by atoms with Gasteiger partial charge in [0.2, 0.25) is 0 Å². The fourth-order valence-corrected chi connectivity index (χ4v) is 2.58. The molecule has 0 aromatic heterocycles. The van der Waals surface area contributed by atoms with Crippen molar-refractivity contribution in [3.05, 3.63) is 28.8 Å². The van der Waals surface area contributed by atoms with E-state index in [1.54, 1.807) is 28.0 Å². The summed E-state index contributed by atoms with van der Waals surface area (Å²) < 4.78 is 10.2. The van der Waals surface area contributed by atoms with Gasteiger partial charge in [0.05, 0.1) is 18.6 Å². The minimum Gasteiger partial charge on any atom is -0.496 e. The average Bonchev–Trinajstić information content (AvgIpc) is 2.59. The quantitative estimate of drug-likeness (QED) is 0.774. The molecule has 1 aromatic rings. The summed E-state index contributed by atoms with van der Waals surface area (Å²) >= 11 is 11.5. The highest BCUT2D eigenvalue weighted by atomic mass is 35.5. The zero-order valence-corrected chi connectivity index (χ0v) is 14.3. The van der Waals surface area contributed by atoms with Crippen molar-refractivity contribution in [2.24, 2.45) is 0 Å². The van der Waals surface area contributed by atoms with Gasteiger partial charge in [-0.1, -0.05) is 11.6 Å². The molecule has 0 N–H and O–H groups in total. The Kier molecular flexibility index (Phi) is 6.36. The van der Waals surface area contributed by atoms with Crippen LogP contribution in [0.5, 0.6) is 5.75 Å². The lowest BCUT2D eigenvalue weighted by Crippen LogP contribution is -2.50. The first-order valence-electron chi connectivity index (χ1n) is 7.17. The molecule has 2 amide bonds. The predicted octanol–water partition coefficient (Wildman–Crippen LogP) is 2.48. The van der Waals surface area contributed by atoms with Crippen molar-refractivity contribution < 1.29 is 19.1 Å². The first-order valence-corrected chi connectivity index (χ1v) is 8.08. The van der Waals surface area contributed by atoms with Crippen LogP contribution in [0, 0.1) is 0 Å². The van der Waals surface area contributed by atoms with Gasteiger partial charge < -0.3 is 19.3 Å². The Morgan fingerprint density at radius 2 is 1.83 bits per heavy atom. The van der Waals surface area contributed by atoms with E-state index in [1.807, 2.05) is 0 Å². The minimum atomic E-state index is -0.405.